The molecule has 0 aromatic carbocycles. The number of carbonyl (C=O) groups excluding carboxylic acids is 1. The number of hydrogen-bond donors (Lipinski definition) is 1. The van der Waals surface area contributed by atoms with Crippen LogP contribution >= 0.6 is 0 Å². The minimum Gasteiger partial charge on any atom is -0.390 e. The molecule has 2 heterocycles. The molecule has 1 saturated heterocycles. The van der Waals surface area contributed by atoms with Gasteiger partial charge in [-0.2, -0.15) is 0 Å². The van der Waals surface area contributed by atoms with Gasteiger partial charge in [0.1, 0.15) is 0 Å². The van der Waals surface area contributed by atoms with E-state index in [1.54, 1.807) is 7.11 Å². The van der Waals surface area contributed by atoms with Gasteiger partial charge in [0.2, 0.25) is 0 Å². The highest BCUT2D eigenvalue weighted by Gasteiger charge is 2.55. The number of piperidine rings is 1. The van der Waals surface area contributed by atoms with Crippen molar-refractivity contribution in [1.29, 1.82) is 0 Å². The van der Waals surface area contributed by atoms with Gasteiger partial charge in [0, 0.05) is 50.2 Å². The Morgan fingerprint density at radius 3 is 2.44 bits per heavy atom. The number of aryl methyl sites for hydroxylation is 1. The molecular formula is C20H32N2O3. The Bertz CT molecular complexity index is 640. The lowest BCUT2D eigenvalue weighted by Gasteiger charge is -2.58. The van der Waals surface area contributed by atoms with E-state index in [0.717, 1.165) is 75.3 Å². The molecule has 25 heavy (non-hydrogen) atoms. The maximum atomic E-state index is 13.0. The van der Waals surface area contributed by atoms with Crippen molar-refractivity contribution in [3.05, 3.63) is 23.0 Å². The smallest absolute Gasteiger partial charge is 0.255 e. The first kappa shape index (κ1) is 18.5. The molecule has 3 rings (SSSR count). The standard InChI is InChI=1S/C20H32N2O3/c1-15-14-17(16(2)22(15)10-5-13-25-4)18(23)21-11-8-20(9-12-21)7-6-19(20,3)24/h14,24H,5-13H2,1-4H3/t19-/m0/s1. The zero-order valence-corrected chi connectivity index (χ0v) is 16.1. The predicted octanol–water partition coefficient (Wildman–Crippen LogP) is 2.91. The molecule has 0 radical (unpaired) electrons. The van der Waals surface area contributed by atoms with E-state index in [1.165, 1.54) is 0 Å². The largest absolute Gasteiger partial charge is 0.390 e. The average Bonchev–Trinajstić information content (AvgIpc) is 2.88. The van der Waals surface area contributed by atoms with Crippen LogP contribution in [-0.4, -0.2) is 52.9 Å². The van der Waals surface area contributed by atoms with E-state index in [1.807, 2.05) is 24.8 Å². The molecule has 0 unspecified atom stereocenters. The molecular weight excluding hydrogens is 316 g/mol. The molecule has 1 aromatic rings. The minimum atomic E-state index is -0.542. The summed E-state index contributed by atoms with van der Waals surface area (Å²) in [6.07, 6.45) is 4.76. The monoisotopic (exact) mass is 348 g/mol. The predicted molar refractivity (Wildman–Crippen MR) is 97.8 cm³/mol. The summed E-state index contributed by atoms with van der Waals surface area (Å²) in [6.45, 7) is 9.17. The fourth-order valence-corrected chi connectivity index (χ4v) is 4.67. The van der Waals surface area contributed by atoms with E-state index in [2.05, 4.69) is 11.5 Å². The number of rotatable bonds is 5. The van der Waals surface area contributed by atoms with Gasteiger partial charge in [-0.1, -0.05) is 0 Å². The van der Waals surface area contributed by atoms with E-state index < -0.39 is 5.60 Å². The molecule has 5 nitrogen and oxygen atoms in total. The van der Waals surface area contributed by atoms with E-state index in [0.29, 0.717) is 0 Å². The lowest BCUT2D eigenvalue weighted by atomic mass is 9.53. The molecule has 1 aromatic heterocycles. The maximum absolute atomic E-state index is 13.0. The first-order valence-electron chi connectivity index (χ1n) is 9.49. The molecule has 1 aliphatic heterocycles. The van der Waals surface area contributed by atoms with Crippen molar-refractivity contribution >= 4 is 5.91 Å². The molecule has 2 fully saturated rings. The van der Waals surface area contributed by atoms with Crippen LogP contribution in [0.4, 0.5) is 0 Å². The number of aliphatic hydroxyl groups is 1. The summed E-state index contributed by atoms with van der Waals surface area (Å²) < 4.78 is 7.35. The van der Waals surface area contributed by atoms with E-state index >= 15 is 0 Å². The van der Waals surface area contributed by atoms with Gasteiger partial charge in [0.15, 0.2) is 0 Å². The summed E-state index contributed by atoms with van der Waals surface area (Å²) in [5.74, 6) is 0.139. The molecule has 1 N–H and O–H groups in total. The molecule has 5 heteroatoms. The van der Waals surface area contributed by atoms with Crippen LogP contribution in [-0.2, 0) is 11.3 Å². The van der Waals surface area contributed by atoms with Crippen molar-refractivity contribution in [1.82, 2.24) is 9.47 Å². The highest BCUT2D eigenvalue weighted by atomic mass is 16.5. The van der Waals surface area contributed by atoms with Gasteiger partial charge in [-0.25, -0.2) is 0 Å². The number of hydrogen-bond acceptors (Lipinski definition) is 3. The van der Waals surface area contributed by atoms with Crippen LogP contribution < -0.4 is 0 Å². The van der Waals surface area contributed by atoms with Gasteiger partial charge < -0.3 is 19.3 Å². The number of aromatic nitrogens is 1. The molecule has 1 aliphatic carbocycles. The summed E-state index contributed by atoms with van der Waals surface area (Å²) >= 11 is 0. The van der Waals surface area contributed by atoms with Crippen LogP contribution in [0.5, 0.6) is 0 Å². The molecule has 140 valence electrons. The van der Waals surface area contributed by atoms with Crippen molar-refractivity contribution in [3.8, 4) is 0 Å². The topological polar surface area (TPSA) is 54.7 Å². The van der Waals surface area contributed by atoms with Gasteiger partial charge in [0.25, 0.3) is 5.91 Å². The fourth-order valence-electron chi connectivity index (χ4n) is 4.67. The van der Waals surface area contributed by atoms with Crippen LogP contribution in [0.1, 0.15) is 60.8 Å². The second kappa shape index (κ2) is 6.76. The highest BCUT2D eigenvalue weighted by Crippen LogP contribution is 2.56. The van der Waals surface area contributed by atoms with Crippen molar-refractivity contribution in [2.24, 2.45) is 5.41 Å². The van der Waals surface area contributed by atoms with Gasteiger partial charge in [-0.05, 0) is 58.9 Å². The van der Waals surface area contributed by atoms with Gasteiger partial charge in [-0.3, -0.25) is 4.79 Å². The molecule has 0 bridgehead atoms. The van der Waals surface area contributed by atoms with Crippen molar-refractivity contribution in [3.63, 3.8) is 0 Å². The summed E-state index contributed by atoms with van der Waals surface area (Å²) in [7, 11) is 1.72. The maximum Gasteiger partial charge on any atom is 0.255 e. The fraction of sp³-hybridized carbons (Fsp3) is 0.750. The molecule has 1 saturated carbocycles. The van der Waals surface area contributed by atoms with Crippen LogP contribution in [0.3, 0.4) is 0 Å². The summed E-state index contributed by atoms with van der Waals surface area (Å²) in [5.41, 5.74) is 2.51. The first-order chi connectivity index (χ1) is 11.8. The Morgan fingerprint density at radius 2 is 1.92 bits per heavy atom. The zero-order chi connectivity index (χ0) is 18.2. The Hall–Kier alpha value is -1.33. The molecule has 2 aliphatic rings. The number of ether oxygens (including phenoxy) is 1. The Kier molecular flexibility index (Phi) is 5.00. The minimum absolute atomic E-state index is 0.0425. The normalized spacial score (nSPS) is 25.2. The van der Waals surface area contributed by atoms with Gasteiger partial charge in [0.05, 0.1) is 11.2 Å². The summed E-state index contributed by atoms with van der Waals surface area (Å²) in [6, 6.07) is 2.02. The second-order valence-electron chi connectivity index (χ2n) is 8.13. The Morgan fingerprint density at radius 1 is 1.24 bits per heavy atom. The third-order valence-corrected chi connectivity index (χ3v) is 6.77. The van der Waals surface area contributed by atoms with E-state index in [4.69, 9.17) is 4.74 Å². The molecule has 1 atom stereocenters. The molecule has 1 spiro atoms. The van der Waals surface area contributed by atoms with E-state index in [-0.39, 0.29) is 11.3 Å². The second-order valence-corrected chi connectivity index (χ2v) is 8.13. The Labute approximate surface area is 151 Å². The van der Waals surface area contributed by atoms with Crippen LogP contribution in [0.25, 0.3) is 0 Å². The number of nitrogens with zero attached hydrogens (tertiary/aromatic N) is 2. The summed E-state index contributed by atoms with van der Waals surface area (Å²) in [5, 5.41) is 10.5. The lowest BCUT2D eigenvalue weighted by molar-refractivity contribution is -0.174. The Balaban J connectivity index is 1.67. The number of likely N-dealkylation sites (tertiary alicyclic amines) is 1. The number of carbonyl (C=O) groups is 1. The zero-order valence-electron chi connectivity index (χ0n) is 16.1. The third kappa shape index (κ3) is 3.13. The number of amides is 1. The van der Waals surface area contributed by atoms with Gasteiger partial charge >= 0.3 is 0 Å². The van der Waals surface area contributed by atoms with Crippen molar-refractivity contribution in [2.45, 2.75) is 65.0 Å². The van der Waals surface area contributed by atoms with Crippen LogP contribution in [0, 0.1) is 19.3 Å². The molecule has 1 amide bonds. The van der Waals surface area contributed by atoms with E-state index in [9.17, 15) is 9.90 Å². The highest BCUT2D eigenvalue weighted by molar-refractivity contribution is 5.95. The van der Waals surface area contributed by atoms with Crippen molar-refractivity contribution < 1.29 is 14.6 Å². The third-order valence-electron chi connectivity index (χ3n) is 6.77. The quantitative estimate of drug-likeness (QED) is 0.833. The van der Waals surface area contributed by atoms with Crippen molar-refractivity contribution in [2.75, 3.05) is 26.8 Å². The average molecular weight is 348 g/mol. The summed E-state index contributed by atoms with van der Waals surface area (Å²) in [4.78, 5) is 15.0. The lowest BCUT2D eigenvalue weighted by Crippen LogP contribution is -2.60. The van der Waals surface area contributed by atoms with Gasteiger partial charge in [-0.15, -0.1) is 0 Å². The van der Waals surface area contributed by atoms with Crippen LogP contribution in [0.2, 0.25) is 0 Å². The first-order valence-corrected chi connectivity index (χ1v) is 9.49. The van der Waals surface area contributed by atoms with Crippen LogP contribution in [0.15, 0.2) is 6.07 Å². The SMILES string of the molecule is COCCCn1c(C)cc(C(=O)N2CCC3(CC2)CC[C@]3(C)O)c1C. The number of methoxy groups -OCH3 is 1.